The molecule has 1 aliphatic carbocycles. The van der Waals surface area contributed by atoms with E-state index in [9.17, 15) is 15.0 Å². The summed E-state index contributed by atoms with van der Waals surface area (Å²) in [7, 11) is 0. The number of phenols is 2. The number of rotatable bonds is 11. The largest absolute Gasteiger partial charge is 0.507 e. The Hall–Kier alpha value is -2.29. The molecule has 3 rings (SSSR count). The van der Waals surface area contributed by atoms with Crippen molar-refractivity contribution in [3.05, 3.63) is 58.1 Å². The summed E-state index contributed by atoms with van der Waals surface area (Å²) in [5.41, 5.74) is 3.23. The van der Waals surface area contributed by atoms with Crippen LogP contribution in [0.25, 0.3) is 0 Å². The van der Waals surface area contributed by atoms with Crippen molar-refractivity contribution in [2.75, 3.05) is 0 Å². The predicted octanol–water partition coefficient (Wildman–Crippen LogP) is 6.70. The molecular formula is C26H34O3. The topological polar surface area (TPSA) is 57.5 Å². The lowest BCUT2D eigenvalue weighted by molar-refractivity contribution is 0.102. The van der Waals surface area contributed by atoms with Crippen LogP contribution in [0, 0.1) is 0 Å². The molecule has 0 amide bonds. The summed E-state index contributed by atoms with van der Waals surface area (Å²) in [6, 6.07) is 9.08. The summed E-state index contributed by atoms with van der Waals surface area (Å²) in [6.45, 7) is 2.25. The van der Waals surface area contributed by atoms with Crippen molar-refractivity contribution in [1.29, 1.82) is 0 Å². The molecule has 3 heteroatoms. The number of carbonyl (C=O) groups is 1. The highest BCUT2D eigenvalue weighted by Gasteiger charge is 2.29. The van der Waals surface area contributed by atoms with Crippen molar-refractivity contribution in [2.45, 2.75) is 84.0 Å². The molecule has 2 aromatic rings. The smallest absolute Gasteiger partial charge is 0.201 e. The first-order valence-electron chi connectivity index (χ1n) is 11.3. The van der Waals surface area contributed by atoms with Gasteiger partial charge in [-0.25, -0.2) is 0 Å². The molecule has 0 fully saturated rings. The first kappa shape index (κ1) is 21.4. The quantitative estimate of drug-likeness (QED) is 0.356. The SMILES string of the molecule is CCCCCCCCCCCCc1ccc2c(c1O)C(=O)c1c(O)cccc1C2. The molecule has 3 nitrogen and oxygen atoms in total. The zero-order chi connectivity index (χ0) is 20.6. The molecule has 2 aromatic carbocycles. The van der Waals surface area contributed by atoms with Gasteiger partial charge in [0.2, 0.25) is 5.78 Å². The van der Waals surface area contributed by atoms with Gasteiger partial charge < -0.3 is 10.2 Å². The lowest BCUT2D eigenvalue weighted by Gasteiger charge is -2.21. The van der Waals surface area contributed by atoms with Gasteiger partial charge in [-0.05, 0) is 42.0 Å². The maximum absolute atomic E-state index is 12.9. The van der Waals surface area contributed by atoms with E-state index in [-0.39, 0.29) is 17.3 Å². The fourth-order valence-corrected chi connectivity index (χ4v) is 4.41. The Morgan fingerprint density at radius 2 is 1.38 bits per heavy atom. The van der Waals surface area contributed by atoms with E-state index in [4.69, 9.17) is 0 Å². The second kappa shape index (κ2) is 10.5. The molecule has 0 unspecified atom stereocenters. The highest BCUT2D eigenvalue weighted by molar-refractivity contribution is 6.15. The van der Waals surface area contributed by atoms with Crippen LogP contribution in [0.4, 0.5) is 0 Å². The summed E-state index contributed by atoms with van der Waals surface area (Å²) in [5, 5.41) is 20.9. The molecule has 0 radical (unpaired) electrons. The maximum Gasteiger partial charge on any atom is 0.201 e. The molecule has 0 bridgehead atoms. The number of ketones is 1. The van der Waals surface area contributed by atoms with Crippen LogP contribution in [-0.2, 0) is 12.8 Å². The Bertz CT molecular complexity index is 838. The number of hydrogen-bond acceptors (Lipinski definition) is 3. The van der Waals surface area contributed by atoms with Gasteiger partial charge in [-0.1, -0.05) is 89.0 Å². The van der Waals surface area contributed by atoms with Crippen LogP contribution in [-0.4, -0.2) is 16.0 Å². The third kappa shape index (κ3) is 5.20. The predicted molar refractivity (Wildman–Crippen MR) is 118 cm³/mol. The molecule has 1 aliphatic rings. The van der Waals surface area contributed by atoms with Crippen LogP contribution in [0.1, 0.15) is 104 Å². The van der Waals surface area contributed by atoms with Crippen LogP contribution in [0.3, 0.4) is 0 Å². The van der Waals surface area contributed by atoms with Crippen LogP contribution in [0.5, 0.6) is 11.5 Å². The molecule has 2 N–H and O–H groups in total. The van der Waals surface area contributed by atoms with Crippen molar-refractivity contribution in [1.82, 2.24) is 0 Å². The Kier molecular flexibility index (Phi) is 7.74. The standard InChI is InChI=1S/C26H34O3/c1-2-3-4-5-6-7-8-9-10-11-13-19-16-17-21-18-20-14-12-15-22(27)23(20)26(29)24(21)25(19)28/h12,14-17,27-28H,2-11,13,18H2,1H3. The monoisotopic (exact) mass is 394 g/mol. The zero-order valence-electron chi connectivity index (χ0n) is 17.7. The Balaban J connectivity index is 1.51. The number of unbranched alkanes of at least 4 members (excludes halogenated alkanes) is 9. The van der Waals surface area contributed by atoms with E-state index in [0.717, 1.165) is 36.0 Å². The normalized spacial score (nSPS) is 12.7. The molecule has 0 spiro atoms. The number of phenolic OH excluding ortho intramolecular Hbond substituents is 2. The van der Waals surface area contributed by atoms with E-state index in [0.29, 0.717) is 17.5 Å². The molecule has 0 saturated heterocycles. The summed E-state index contributed by atoms with van der Waals surface area (Å²) in [5.74, 6) is -0.156. The highest BCUT2D eigenvalue weighted by atomic mass is 16.3. The van der Waals surface area contributed by atoms with E-state index >= 15 is 0 Å². The van der Waals surface area contributed by atoms with Gasteiger partial charge in [-0.3, -0.25) is 4.79 Å². The first-order chi connectivity index (χ1) is 14.1. The minimum Gasteiger partial charge on any atom is -0.507 e. The Morgan fingerprint density at radius 1 is 0.759 bits per heavy atom. The first-order valence-corrected chi connectivity index (χ1v) is 11.3. The van der Waals surface area contributed by atoms with Gasteiger partial charge in [0, 0.05) is 0 Å². The van der Waals surface area contributed by atoms with Crippen molar-refractivity contribution in [3.63, 3.8) is 0 Å². The van der Waals surface area contributed by atoms with Crippen molar-refractivity contribution in [3.8, 4) is 11.5 Å². The number of fused-ring (bicyclic) bond motifs is 2. The molecule has 0 atom stereocenters. The second-order valence-corrected chi connectivity index (χ2v) is 8.36. The van der Waals surface area contributed by atoms with Crippen LogP contribution < -0.4 is 0 Å². The van der Waals surface area contributed by atoms with E-state index in [1.807, 2.05) is 18.2 Å². The molecule has 29 heavy (non-hydrogen) atoms. The Morgan fingerprint density at radius 3 is 2.07 bits per heavy atom. The summed E-state index contributed by atoms with van der Waals surface area (Å²) >= 11 is 0. The van der Waals surface area contributed by atoms with Crippen LogP contribution in [0.15, 0.2) is 30.3 Å². The fourth-order valence-electron chi connectivity index (χ4n) is 4.41. The van der Waals surface area contributed by atoms with Gasteiger partial charge in [0.1, 0.15) is 11.5 Å². The van der Waals surface area contributed by atoms with Crippen molar-refractivity contribution < 1.29 is 15.0 Å². The highest BCUT2D eigenvalue weighted by Crippen LogP contribution is 2.38. The third-order valence-electron chi connectivity index (χ3n) is 6.11. The second-order valence-electron chi connectivity index (χ2n) is 8.36. The minimum atomic E-state index is -0.262. The average Bonchev–Trinajstić information content (AvgIpc) is 2.70. The molecule has 0 aromatic heterocycles. The number of hydrogen-bond donors (Lipinski definition) is 2. The number of aryl methyl sites for hydroxylation is 1. The molecular weight excluding hydrogens is 360 g/mol. The van der Waals surface area contributed by atoms with E-state index in [1.165, 1.54) is 57.4 Å². The van der Waals surface area contributed by atoms with Gasteiger partial charge in [0.25, 0.3) is 0 Å². The lowest BCUT2D eigenvalue weighted by atomic mass is 9.82. The van der Waals surface area contributed by atoms with E-state index < -0.39 is 0 Å². The number of carbonyl (C=O) groups excluding carboxylic acids is 1. The third-order valence-corrected chi connectivity index (χ3v) is 6.11. The Labute approximate surface area is 174 Å². The van der Waals surface area contributed by atoms with E-state index in [1.54, 1.807) is 6.07 Å². The van der Waals surface area contributed by atoms with E-state index in [2.05, 4.69) is 6.92 Å². The van der Waals surface area contributed by atoms with Crippen molar-refractivity contribution in [2.24, 2.45) is 0 Å². The van der Waals surface area contributed by atoms with Gasteiger partial charge in [0.05, 0.1) is 11.1 Å². The number of benzene rings is 2. The fraction of sp³-hybridized carbons (Fsp3) is 0.500. The summed E-state index contributed by atoms with van der Waals surface area (Å²) < 4.78 is 0. The maximum atomic E-state index is 12.9. The van der Waals surface area contributed by atoms with Crippen molar-refractivity contribution >= 4 is 5.78 Å². The van der Waals surface area contributed by atoms with Gasteiger partial charge in [-0.2, -0.15) is 0 Å². The van der Waals surface area contributed by atoms with Gasteiger partial charge in [0.15, 0.2) is 0 Å². The van der Waals surface area contributed by atoms with Crippen LogP contribution >= 0.6 is 0 Å². The molecule has 0 saturated carbocycles. The zero-order valence-corrected chi connectivity index (χ0v) is 17.7. The summed E-state index contributed by atoms with van der Waals surface area (Å²) in [4.78, 5) is 12.9. The molecule has 0 heterocycles. The average molecular weight is 395 g/mol. The number of aromatic hydroxyl groups is 2. The molecule has 156 valence electrons. The molecule has 0 aliphatic heterocycles. The lowest BCUT2D eigenvalue weighted by Crippen LogP contribution is -2.16. The summed E-state index contributed by atoms with van der Waals surface area (Å²) in [6.07, 6.45) is 14.1. The van der Waals surface area contributed by atoms with Crippen LogP contribution in [0.2, 0.25) is 0 Å². The van der Waals surface area contributed by atoms with Gasteiger partial charge >= 0.3 is 0 Å². The van der Waals surface area contributed by atoms with Gasteiger partial charge in [-0.15, -0.1) is 0 Å². The minimum absolute atomic E-state index is 0.00218.